The molecular weight excluding hydrogens is 358 g/mol. The first-order valence-corrected chi connectivity index (χ1v) is 7.15. The van der Waals surface area contributed by atoms with E-state index in [-0.39, 0.29) is 0 Å². The SMILES string of the molecule is COC(=O)c1ccc2nc(-c3cc(Cl)cc(Br)c3)nn2c1. The van der Waals surface area contributed by atoms with Crippen molar-refractivity contribution in [3.8, 4) is 11.4 Å². The van der Waals surface area contributed by atoms with Gasteiger partial charge in [0, 0.05) is 21.3 Å². The predicted octanol–water partition coefficient (Wildman–Crippen LogP) is 3.60. The van der Waals surface area contributed by atoms with Gasteiger partial charge in [0.25, 0.3) is 0 Å². The molecule has 5 nitrogen and oxygen atoms in total. The number of ether oxygens (including phenoxy) is 1. The summed E-state index contributed by atoms with van der Waals surface area (Å²) in [5.41, 5.74) is 1.83. The lowest BCUT2D eigenvalue weighted by molar-refractivity contribution is 0.0600. The molecule has 0 bridgehead atoms. The summed E-state index contributed by atoms with van der Waals surface area (Å²) in [5.74, 6) is 0.111. The largest absolute Gasteiger partial charge is 0.465 e. The first-order valence-electron chi connectivity index (χ1n) is 5.98. The molecule has 0 saturated carbocycles. The standard InChI is InChI=1S/C14H9BrClN3O2/c1-21-14(20)8-2-3-12-17-13(18-19(12)7-8)9-4-10(15)6-11(16)5-9/h2-7H,1H3. The molecule has 0 amide bonds. The number of hydrogen-bond donors (Lipinski definition) is 0. The fourth-order valence-corrected chi connectivity index (χ4v) is 2.79. The Morgan fingerprint density at radius 3 is 2.86 bits per heavy atom. The third-order valence-corrected chi connectivity index (χ3v) is 3.55. The first-order chi connectivity index (χ1) is 10.1. The Labute approximate surface area is 133 Å². The first kappa shape index (κ1) is 14.0. The van der Waals surface area contributed by atoms with Crippen LogP contribution in [0.2, 0.25) is 5.02 Å². The van der Waals surface area contributed by atoms with Gasteiger partial charge in [0.1, 0.15) is 0 Å². The molecule has 0 aliphatic rings. The van der Waals surface area contributed by atoms with Gasteiger partial charge in [-0.05, 0) is 30.3 Å². The van der Waals surface area contributed by atoms with Crippen LogP contribution in [0.3, 0.4) is 0 Å². The lowest BCUT2D eigenvalue weighted by atomic mass is 10.2. The minimum atomic E-state index is -0.417. The van der Waals surface area contributed by atoms with Crippen molar-refractivity contribution in [1.82, 2.24) is 14.6 Å². The lowest BCUT2D eigenvalue weighted by Gasteiger charge is -1.98. The summed E-state index contributed by atoms with van der Waals surface area (Å²) in [6, 6.07) is 8.80. The van der Waals surface area contributed by atoms with Crippen molar-refractivity contribution in [2.75, 3.05) is 7.11 Å². The zero-order valence-corrected chi connectivity index (χ0v) is 13.2. The fourth-order valence-electron chi connectivity index (χ4n) is 1.93. The van der Waals surface area contributed by atoms with Gasteiger partial charge in [0.2, 0.25) is 0 Å². The highest BCUT2D eigenvalue weighted by Gasteiger charge is 2.11. The number of halogens is 2. The van der Waals surface area contributed by atoms with E-state index in [1.807, 2.05) is 6.07 Å². The molecule has 3 aromatic rings. The number of esters is 1. The van der Waals surface area contributed by atoms with Crippen LogP contribution in [0.25, 0.3) is 17.0 Å². The number of carbonyl (C=O) groups excluding carboxylic acids is 1. The van der Waals surface area contributed by atoms with E-state index < -0.39 is 5.97 Å². The second kappa shape index (κ2) is 5.46. The van der Waals surface area contributed by atoms with Crippen LogP contribution in [-0.2, 0) is 4.74 Å². The molecule has 0 unspecified atom stereocenters. The van der Waals surface area contributed by atoms with E-state index in [0.717, 1.165) is 10.0 Å². The summed E-state index contributed by atoms with van der Waals surface area (Å²) in [7, 11) is 1.34. The summed E-state index contributed by atoms with van der Waals surface area (Å²) in [5, 5.41) is 4.95. The molecular formula is C14H9BrClN3O2. The zero-order chi connectivity index (χ0) is 15.0. The second-order valence-corrected chi connectivity index (χ2v) is 5.66. The van der Waals surface area contributed by atoms with Crippen molar-refractivity contribution in [1.29, 1.82) is 0 Å². The van der Waals surface area contributed by atoms with E-state index in [1.54, 1.807) is 30.5 Å². The van der Waals surface area contributed by atoms with Gasteiger partial charge in [-0.25, -0.2) is 14.3 Å². The molecule has 0 fully saturated rings. The summed E-state index contributed by atoms with van der Waals surface area (Å²) in [6.45, 7) is 0. The van der Waals surface area contributed by atoms with Crippen molar-refractivity contribution in [2.24, 2.45) is 0 Å². The third-order valence-electron chi connectivity index (χ3n) is 2.87. The van der Waals surface area contributed by atoms with Gasteiger partial charge in [-0.1, -0.05) is 27.5 Å². The second-order valence-electron chi connectivity index (χ2n) is 4.31. The van der Waals surface area contributed by atoms with Crippen LogP contribution in [0.1, 0.15) is 10.4 Å². The van der Waals surface area contributed by atoms with Crippen LogP contribution in [-0.4, -0.2) is 27.7 Å². The molecule has 0 aliphatic carbocycles. The van der Waals surface area contributed by atoms with Gasteiger partial charge in [-0.15, -0.1) is 5.10 Å². The Kier molecular flexibility index (Phi) is 3.65. The van der Waals surface area contributed by atoms with E-state index in [0.29, 0.717) is 22.1 Å². The normalized spacial score (nSPS) is 10.8. The lowest BCUT2D eigenvalue weighted by Crippen LogP contribution is -2.03. The van der Waals surface area contributed by atoms with Crippen LogP contribution >= 0.6 is 27.5 Å². The summed E-state index contributed by atoms with van der Waals surface area (Å²) in [6.07, 6.45) is 1.58. The highest BCUT2D eigenvalue weighted by atomic mass is 79.9. The predicted molar refractivity (Wildman–Crippen MR) is 82.5 cm³/mol. The summed E-state index contributed by atoms with van der Waals surface area (Å²) in [4.78, 5) is 15.9. The molecule has 7 heteroatoms. The van der Waals surface area contributed by atoms with Gasteiger partial charge < -0.3 is 4.74 Å². The minimum Gasteiger partial charge on any atom is -0.465 e. The number of pyridine rings is 1. The van der Waals surface area contributed by atoms with Crippen molar-refractivity contribution >= 4 is 39.1 Å². The van der Waals surface area contributed by atoms with Gasteiger partial charge in [0.05, 0.1) is 12.7 Å². The number of rotatable bonds is 2. The molecule has 2 aromatic heterocycles. The Morgan fingerprint density at radius 1 is 1.33 bits per heavy atom. The number of nitrogens with zero attached hydrogens (tertiary/aromatic N) is 3. The molecule has 0 saturated heterocycles. The molecule has 0 aliphatic heterocycles. The summed E-state index contributed by atoms with van der Waals surface area (Å²) >= 11 is 9.42. The number of benzene rings is 1. The minimum absolute atomic E-state index is 0.411. The van der Waals surface area contributed by atoms with Crippen molar-refractivity contribution in [2.45, 2.75) is 0 Å². The molecule has 106 valence electrons. The smallest absolute Gasteiger partial charge is 0.339 e. The Balaban J connectivity index is 2.10. The van der Waals surface area contributed by atoms with Crippen LogP contribution in [0.5, 0.6) is 0 Å². The quantitative estimate of drug-likeness (QED) is 0.650. The van der Waals surface area contributed by atoms with Crippen molar-refractivity contribution in [3.63, 3.8) is 0 Å². The van der Waals surface area contributed by atoms with Crippen molar-refractivity contribution < 1.29 is 9.53 Å². The van der Waals surface area contributed by atoms with Gasteiger partial charge >= 0.3 is 5.97 Å². The van der Waals surface area contributed by atoms with Crippen LogP contribution in [0, 0.1) is 0 Å². The fraction of sp³-hybridized carbons (Fsp3) is 0.0714. The maximum Gasteiger partial charge on any atom is 0.339 e. The number of aromatic nitrogens is 3. The Morgan fingerprint density at radius 2 is 2.14 bits per heavy atom. The van der Waals surface area contributed by atoms with Crippen LogP contribution in [0.4, 0.5) is 0 Å². The number of carbonyl (C=O) groups is 1. The third kappa shape index (κ3) is 2.77. The summed E-state index contributed by atoms with van der Waals surface area (Å²) < 4.78 is 7.07. The van der Waals surface area contributed by atoms with E-state index >= 15 is 0 Å². The molecule has 21 heavy (non-hydrogen) atoms. The highest BCUT2D eigenvalue weighted by Crippen LogP contribution is 2.25. The van der Waals surface area contributed by atoms with Gasteiger partial charge in [0.15, 0.2) is 11.5 Å². The molecule has 0 radical (unpaired) electrons. The number of fused-ring (bicyclic) bond motifs is 1. The zero-order valence-electron chi connectivity index (χ0n) is 10.9. The number of methoxy groups -OCH3 is 1. The molecule has 0 spiro atoms. The Hall–Kier alpha value is -1.92. The topological polar surface area (TPSA) is 56.5 Å². The van der Waals surface area contributed by atoms with Crippen molar-refractivity contribution in [3.05, 3.63) is 51.6 Å². The van der Waals surface area contributed by atoms with E-state index in [2.05, 4.69) is 30.7 Å². The van der Waals surface area contributed by atoms with E-state index in [9.17, 15) is 4.79 Å². The Bertz CT molecular complexity index is 827. The van der Waals surface area contributed by atoms with Gasteiger partial charge in [-0.2, -0.15) is 0 Å². The molecule has 0 N–H and O–H groups in total. The molecule has 0 atom stereocenters. The maximum absolute atomic E-state index is 11.5. The molecule has 1 aromatic carbocycles. The maximum atomic E-state index is 11.5. The monoisotopic (exact) mass is 365 g/mol. The molecule has 3 rings (SSSR count). The van der Waals surface area contributed by atoms with Gasteiger partial charge in [-0.3, -0.25) is 0 Å². The highest BCUT2D eigenvalue weighted by molar-refractivity contribution is 9.10. The molecule has 2 heterocycles. The average Bonchev–Trinajstić information content (AvgIpc) is 2.88. The number of hydrogen-bond acceptors (Lipinski definition) is 4. The van der Waals surface area contributed by atoms with Crippen LogP contribution < -0.4 is 0 Å². The van der Waals surface area contributed by atoms with Crippen LogP contribution in [0.15, 0.2) is 41.0 Å². The van der Waals surface area contributed by atoms with E-state index in [1.165, 1.54) is 11.6 Å². The average molecular weight is 367 g/mol. The van der Waals surface area contributed by atoms with E-state index in [4.69, 9.17) is 11.6 Å².